The van der Waals surface area contributed by atoms with E-state index in [1.807, 2.05) is 6.08 Å². The summed E-state index contributed by atoms with van der Waals surface area (Å²) in [6.45, 7) is 23.1. The molecule has 0 saturated carbocycles. The highest BCUT2D eigenvalue weighted by atomic mass is 16.5. The van der Waals surface area contributed by atoms with Gasteiger partial charge in [0.25, 0.3) is 5.91 Å². The summed E-state index contributed by atoms with van der Waals surface area (Å²) in [5.41, 5.74) is 9.56. The number of nitrogens with zero attached hydrogens (tertiary/aromatic N) is 1. The van der Waals surface area contributed by atoms with Crippen molar-refractivity contribution in [1.29, 1.82) is 0 Å². The van der Waals surface area contributed by atoms with Crippen LogP contribution in [0.25, 0.3) is 0 Å². The van der Waals surface area contributed by atoms with Gasteiger partial charge in [-0.3, -0.25) is 19.4 Å². The van der Waals surface area contributed by atoms with Gasteiger partial charge in [0.1, 0.15) is 6.04 Å². The van der Waals surface area contributed by atoms with Crippen LogP contribution in [-0.4, -0.2) is 55.3 Å². The fourth-order valence-corrected chi connectivity index (χ4v) is 3.92. The fourth-order valence-electron chi connectivity index (χ4n) is 3.92. The first-order chi connectivity index (χ1) is 21.8. The lowest BCUT2D eigenvalue weighted by atomic mass is 9.94. The summed E-state index contributed by atoms with van der Waals surface area (Å²) in [6.07, 6.45) is 11.9. The number of carbonyl (C=O) groups excluding carboxylic acids is 4. The third-order valence-electron chi connectivity index (χ3n) is 6.61. The topological polar surface area (TPSA) is 149 Å². The number of amides is 2. The first kappa shape index (κ1) is 44.2. The zero-order chi connectivity index (χ0) is 35.7. The average Bonchev–Trinajstić information content (AvgIpc) is 3.00. The highest BCUT2D eigenvalue weighted by Crippen LogP contribution is 2.22. The second-order valence-electron chi connectivity index (χ2n) is 10.8. The number of rotatable bonds is 19. The second-order valence-corrected chi connectivity index (χ2v) is 10.8. The molecule has 2 amide bonds. The largest absolute Gasteiger partial charge is 0.466 e. The van der Waals surface area contributed by atoms with E-state index < -0.39 is 36.3 Å². The van der Waals surface area contributed by atoms with Crippen LogP contribution in [0.5, 0.6) is 0 Å². The molecule has 0 rings (SSSR count). The first-order valence-electron chi connectivity index (χ1n) is 16.4. The summed E-state index contributed by atoms with van der Waals surface area (Å²) in [7, 11) is 0. The zero-order valence-corrected chi connectivity index (χ0v) is 30.0. The maximum atomic E-state index is 13.1. The Labute approximate surface area is 277 Å². The molecule has 0 fully saturated rings. The summed E-state index contributed by atoms with van der Waals surface area (Å²) in [5, 5.41) is 5.05. The Morgan fingerprint density at radius 1 is 0.978 bits per heavy atom. The standard InChI is InChI=1S/C33H52N4O6.C3H8/c1-10-15-16-17-26(23(7)22(6)11-2)20-27(12-3)36-25(9)31(24(8)34)32(40)35-21-29(38)37-28(33(41)43-14-5)18-19-30(39)42-13-4;1-3-2/h12,16-17,20,22,28H,3,10-11,13-15,18-19,21,34H2,1-2,4-9H3,(H,35,40)(H,37,38);3H2,1-2H3/b17-16-,26-23-,27-20+,31-24+,36-25-;. The van der Waals surface area contributed by atoms with E-state index in [4.69, 9.17) is 15.2 Å². The molecule has 0 saturated heterocycles. The Hall–Kier alpha value is -3.95. The minimum atomic E-state index is -1.07. The minimum Gasteiger partial charge on any atom is -0.466 e. The maximum Gasteiger partial charge on any atom is 0.328 e. The Bertz CT molecular complexity index is 1140. The molecule has 4 N–H and O–H groups in total. The van der Waals surface area contributed by atoms with Gasteiger partial charge in [-0.05, 0) is 77.5 Å². The molecule has 0 spiro atoms. The molecule has 10 heteroatoms. The van der Waals surface area contributed by atoms with Crippen LogP contribution in [0.3, 0.4) is 0 Å². The van der Waals surface area contributed by atoms with Gasteiger partial charge in [-0.25, -0.2) is 4.79 Å². The fraction of sp³-hybridized carbons (Fsp3) is 0.583. The highest BCUT2D eigenvalue weighted by Gasteiger charge is 2.24. The van der Waals surface area contributed by atoms with Gasteiger partial charge in [0.15, 0.2) is 0 Å². The lowest BCUT2D eigenvalue weighted by Gasteiger charge is -2.17. The van der Waals surface area contributed by atoms with Gasteiger partial charge in [0, 0.05) is 12.1 Å². The number of ether oxygens (including phenoxy) is 2. The average molecular weight is 645 g/mol. The zero-order valence-electron chi connectivity index (χ0n) is 30.0. The molecule has 0 heterocycles. The van der Waals surface area contributed by atoms with Crippen LogP contribution in [0.15, 0.2) is 64.0 Å². The van der Waals surface area contributed by atoms with Crippen molar-refractivity contribution in [3.63, 3.8) is 0 Å². The van der Waals surface area contributed by atoms with E-state index in [1.54, 1.807) is 33.8 Å². The second kappa shape index (κ2) is 26.3. The van der Waals surface area contributed by atoms with E-state index in [9.17, 15) is 19.2 Å². The lowest BCUT2D eigenvalue weighted by molar-refractivity contribution is -0.148. The van der Waals surface area contributed by atoms with Crippen molar-refractivity contribution in [1.82, 2.24) is 10.6 Å². The van der Waals surface area contributed by atoms with Gasteiger partial charge in [-0.15, -0.1) is 0 Å². The summed E-state index contributed by atoms with van der Waals surface area (Å²) in [4.78, 5) is 54.4. The summed E-state index contributed by atoms with van der Waals surface area (Å²) in [6, 6.07) is -1.07. The van der Waals surface area contributed by atoms with Gasteiger partial charge < -0.3 is 25.8 Å². The number of nitrogens with one attached hydrogen (secondary N) is 2. The Morgan fingerprint density at radius 2 is 1.59 bits per heavy atom. The van der Waals surface area contributed by atoms with Crippen LogP contribution in [0.2, 0.25) is 0 Å². The molecule has 0 aliphatic heterocycles. The van der Waals surface area contributed by atoms with E-state index in [2.05, 4.69) is 75.9 Å². The molecule has 2 unspecified atom stereocenters. The molecule has 0 bridgehead atoms. The third kappa shape index (κ3) is 18.8. The molecule has 260 valence electrons. The van der Waals surface area contributed by atoms with Gasteiger partial charge in [-0.2, -0.15) is 0 Å². The van der Waals surface area contributed by atoms with Crippen molar-refractivity contribution in [3.05, 3.63) is 59.0 Å². The Kier molecular flexibility index (Phi) is 25.2. The van der Waals surface area contributed by atoms with Crippen molar-refractivity contribution >= 4 is 29.5 Å². The third-order valence-corrected chi connectivity index (χ3v) is 6.61. The van der Waals surface area contributed by atoms with Crippen molar-refractivity contribution in [3.8, 4) is 0 Å². The lowest BCUT2D eigenvalue weighted by Crippen LogP contribution is -2.47. The van der Waals surface area contributed by atoms with Crippen LogP contribution in [0.1, 0.15) is 108 Å². The number of hydrogen-bond acceptors (Lipinski definition) is 8. The minimum absolute atomic E-state index is 0.00653. The van der Waals surface area contributed by atoms with E-state index in [-0.39, 0.29) is 37.3 Å². The summed E-state index contributed by atoms with van der Waals surface area (Å²) in [5.74, 6) is -2.04. The summed E-state index contributed by atoms with van der Waals surface area (Å²) < 4.78 is 9.89. The number of nitrogens with two attached hydrogens (primary N) is 1. The van der Waals surface area contributed by atoms with Crippen LogP contribution in [0.4, 0.5) is 0 Å². The van der Waals surface area contributed by atoms with E-state index >= 15 is 0 Å². The van der Waals surface area contributed by atoms with Gasteiger partial charge in [-0.1, -0.05) is 71.8 Å². The molecule has 0 radical (unpaired) electrons. The molecule has 10 nitrogen and oxygen atoms in total. The number of hydrogen-bond donors (Lipinski definition) is 3. The predicted molar refractivity (Wildman–Crippen MR) is 188 cm³/mol. The molecule has 0 aliphatic carbocycles. The normalized spacial score (nSPS) is 14.1. The highest BCUT2D eigenvalue weighted by molar-refractivity contribution is 6.21. The quantitative estimate of drug-likeness (QED) is 0.0638. The smallest absolute Gasteiger partial charge is 0.328 e. The number of allylic oxidation sites excluding steroid dienone is 7. The van der Waals surface area contributed by atoms with E-state index in [0.29, 0.717) is 17.3 Å². The number of carbonyl (C=O) groups is 4. The Morgan fingerprint density at radius 3 is 2.09 bits per heavy atom. The van der Waals surface area contributed by atoms with Gasteiger partial charge in [0.05, 0.1) is 36.7 Å². The Balaban J connectivity index is 0. The van der Waals surface area contributed by atoms with Crippen molar-refractivity contribution in [2.24, 2.45) is 16.6 Å². The van der Waals surface area contributed by atoms with Crippen LogP contribution in [-0.2, 0) is 28.7 Å². The molecule has 0 aliphatic rings. The van der Waals surface area contributed by atoms with Crippen molar-refractivity contribution in [2.75, 3.05) is 19.8 Å². The predicted octanol–water partition coefficient (Wildman–Crippen LogP) is 6.39. The van der Waals surface area contributed by atoms with Gasteiger partial charge >= 0.3 is 11.9 Å². The van der Waals surface area contributed by atoms with E-state index in [1.165, 1.54) is 12.0 Å². The molecule has 0 aromatic heterocycles. The van der Waals surface area contributed by atoms with Crippen molar-refractivity contribution in [2.45, 2.75) is 114 Å². The van der Waals surface area contributed by atoms with Gasteiger partial charge in [0.2, 0.25) is 5.91 Å². The SMILES string of the molecule is C=CC(=C\C(\C=C/CCC)=C(\C)C(C)CC)/N=C(C)\C(C(=O)NCC(=O)NC(CCC(=O)OCC)C(=O)OCC)=C(\C)N.CCC. The van der Waals surface area contributed by atoms with Crippen LogP contribution in [0, 0.1) is 5.92 Å². The van der Waals surface area contributed by atoms with Crippen LogP contribution >= 0.6 is 0 Å². The molecule has 46 heavy (non-hydrogen) atoms. The molecular weight excluding hydrogens is 584 g/mol. The van der Waals surface area contributed by atoms with E-state index in [0.717, 1.165) is 24.8 Å². The number of unbranched alkanes of at least 4 members (excludes halogenated alkanes) is 1. The monoisotopic (exact) mass is 644 g/mol. The number of aliphatic imine (C=N–C) groups is 1. The number of esters is 2. The van der Waals surface area contributed by atoms with Crippen LogP contribution < -0.4 is 16.4 Å². The molecule has 0 aromatic rings. The summed E-state index contributed by atoms with van der Waals surface area (Å²) >= 11 is 0. The van der Waals surface area contributed by atoms with Crippen molar-refractivity contribution < 1.29 is 28.7 Å². The molecular formula is C36H60N4O6. The first-order valence-corrected chi connectivity index (χ1v) is 16.4. The molecule has 2 atom stereocenters. The molecule has 0 aromatic carbocycles. The maximum absolute atomic E-state index is 13.1.